The second kappa shape index (κ2) is 9.05. The lowest BCUT2D eigenvalue weighted by molar-refractivity contribution is -0.140. The van der Waals surface area contributed by atoms with Crippen molar-refractivity contribution >= 4 is 17.4 Å². The van der Waals surface area contributed by atoms with E-state index in [-0.39, 0.29) is 24.0 Å². The number of hydrogen-bond donors (Lipinski definition) is 1. The zero-order chi connectivity index (χ0) is 21.0. The molecule has 1 saturated heterocycles. The lowest BCUT2D eigenvalue weighted by atomic mass is 9.95. The first kappa shape index (κ1) is 20.8. The minimum atomic E-state index is -0.666. The normalized spacial score (nSPS) is 18.6. The fourth-order valence-corrected chi connectivity index (χ4v) is 3.53. The number of benzene rings is 2. The average molecular weight is 393 g/mol. The minimum absolute atomic E-state index is 0.0269. The van der Waals surface area contributed by atoms with Gasteiger partial charge in [-0.2, -0.15) is 0 Å². The van der Waals surface area contributed by atoms with Gasteiger partial charge in [0.05, 0.1) is 24.3 Å². The van der Waals surface area contributed by atoms with Gasteiger partial charge in [0.15, 0.2) is 0 Å². The van der Waals surface area contributed by atoms with Crippen molar-refractivity contribution in [3.8, 4) is 0 Å². The SMILES string of the molecule is CCc1ccc(/C(O)=C2/C(=O)C(=O)N(CCOC(C)C)C2c2ccccc2)cc1. The molecule has 5 nitrogen and oxygen atoms in total. The Morgan fingerprint density at radius 3 is 2.31 bits per heavy atom. The number of aliphatic hydroxyl groups excluding tert-OH is 1. The van der Waals surface area contributed by atoms with Crippen LogP contribution in [0.3, 0.4) is 0 Å². The zero-order valence-electron chi connectivity index (χ0n) is 17.1. The van der Waals surface area contributed by atoms with Gasteiger partial charge in [-0.05, 0) is 31.4 Å². The molecular formula is C24H27NO4. The Morgan fingerprint density at radius 2 is 1.72 bits per heavy atom. The Morgan fingerprint density at radius 1 is 1.07 bits per heavy atom. The summed E-state index contributed by atoms with van der Waals surface area (Å²) in [5, 5.41) is 11.0. The van der Waals surface area contributed by atoms with Crippen molar-refractivity contribution in [3.05, 3.63) is 76.9 Å². The van der Waals surface area contributed by atoms with Crippen LogP contribution in [0.15, 0.2) is 60.2 Å². The zero-order valence-corrected chi connectivity index (χ0v) is 17.1. The van der Waals surface area contributed by atoms with Crippen molar-refractivity contribution in [1.82, 2.24) is 4.90 Å². The van der Waals surface area contributed by atoms with Gasteiger partial charge in [-0.1, -0.05) is 61.5 Å². The molecule has 29 heavy (non-hydrogen) atoms. The largest absolute Gasteiger partial charge is 0.507 e. The highest BCUT2D eigenvalue weighted by Crippen LogP contribution is 2.39. The van der Waals surface area contributed by atoms with Gasteiger partial charge < -0.3 is 14.7 Å². The summed E-state index contributed by atoms with van der Waals surface area (Å²) in [5.74, 6) is -1.43. The molecule has 1 heterocycles. The van der Waals surface area contributed by atoms with Gasteiger partial charge in [-0.25, -0.2) is 0 Å². The number of likely N-dealkylation sites (tertiary alicyclic amines) is 1. The lowest BCUT2D eigenvalue weighted by Crippen LogP contribution is -2.33. The van der Waals surface area contributed by atoms with Crippen LogP contribution in [-0.4, -0.2) is 41.0 Å². The summed E-state index contributed by atoms with van der Waals surface area (Å²) >= 11 is 0. The molecule has 0 radical (unpaired) electrons. The summed E-state index contributed by atoms with van der Waals surface area (Å²) in [6, 6.07) is 16.1. The summed E-state index contributed by atoms with van der Waals surface area (Å²) in [6.45, 7) is 6.48. The molecule has 1 N–H and O–H groups in total. The second-order valence-corrected chi connectivity index (χ2v) is 7.37. The molecule has 0 saturated carbocycles. The molecule has 2 aromatic carbocycles. The maximum atomic E-state index is 12.9. The Balaban J connectivity index is 2.05. The predicted octanol–water partition coefficient (Wildman–Crippen LogP) is 4.10. The van der Waals surface area contributed by atoms with Crippen molar-refractivity contribution in [3.63, 3.8) is 0 Å². The van der Waals surface area contributed by atoms with E-state index in [4.69, 9.17) is 4.74 Å². The third-order valence-corrected chi connectivity index (χ3v) is 5.07. The van der Waals surface area contributed by atoms with Crippen molar-refractivity contribution in [2.24, 2.45) is 0 Å². The Bertz CT molecular complexity index is 900. The third kappa shape index (κ3) is 4.40. The predicted molar refractivity (Wildman–Crippen MR) is 112 cm³/mol. The summed E-state index contributed by atoms with van der Waals surface area (Å²) in [6.07, 6.45) is 0.907. The van der Waals surface area contributed by atoms with E-state index in [2.05, 4.69) is 6.92 Å². The van der Waals surface area contributed by atoms with E-state index in [1.165, 1.54) is 4.90 Å². The van der Waals surface area contributed by atoms with Crippen molar-refractivity contribution in [2.75, 3.05) is 13.2 Å². The highest BCUT2D eigenvalue weighted by Gasteiger charge is 2.45. The van der Waals surface area contributed by atoms with Crippen LogP contribution in [0, 0.1) is 0 Å². The smallest absolute Gasteiger partial charge is 0.295 e. The molecule has 0 aromatic heterocycles. The monoisotopic (exact) mass is 393 g/mol. The van der Waals surface area contributed by atoms with Gasteiger partial charge in [-0.3, -0.25) is 9.59 Å². The fourth-order valence-electron chi connectivity index (χ4n) is 3.53. The highest BCUT2D eigenvalue weighted by molar-refractivity contribution is 6.46. The van der Waals surface area contributed by atoms with Crippen LogP contribution < -0.4 is 0 Å². The number of aryl methyl sites for hydroxylation is 1. The summed E-state index contributed by atoms with van der Waals surface area (Å²) < 4.78 is 5.59. The first-order chi connectivity index (χ1) is 13.9. The topological polar surface area (TPSA) is 66.8 Å². The Kier molecular flexibility index (Phi) is 6.49. The average Bonchev–Trinajstić information content (AvgIpc) is 2.98. The second-order valence-electron chi connectivity index (χ2n) is 7.37. The van der Waals surface area contributed by atoms with E-state index >= 15 is 0 Å². The highest BCUT2D eigenvalue weighted by atomic mass is 16.5. The molecule has 152 valence electrons. The number of rotatable bonds is 7. The van der Waals surface area contributed by atoms with Crippen LogP contribution in [0.4, 0.5) is 0 Å². The van der Waals surface area contributed by atoms with Crippen LogP contribution in [0.25, 0.3) is 5.76 Å². The number of nitrogens with zero attached hydrogens (tertiary/aromatic N) is 1. The van der Waals surface area contributed by atoms with E-state index < -0.39 is 17.7 Å². The molecule has 1 aliphatic heterocycles. The van der Waals surface area contributed by atoms with Gasteiger partial charge in [0.25, 0.3) is 11.7 Å². The number of carbonyl (C=O) groups is 2. The quantitative estimate of drug-likeness (QED) is 0.437. The molecule has 0 aliphatic carbocycles. The van der Waals surface area contributed by atoms with Crippen molar-refractivity contribution < 1.29 is 19.4 Å². The van der Waals surface area contributed by atoms with Gasteiger partial charge in [0.2, 0.25) is 0 Å². The number of hydrogen-bond acceptors (Lipinski definition) is 4. The van der Waals surface area contributed by atoms with E-state index in [0.717, 1.165) is 17.5 Å². The van der Waals surface area contributed by atoms with E-state index in [9.17, 15) is 14.7 Å². The fraction of sp³-hybridized carbons (Fsp3) is 0.333. The molecule has 2 aromatic rings. The van der Waals surface area contributed by atoms with Crippen LogP contribution in [0.5, 0.6) is 0 Å². The molecule has 3 rings (SSSR count). The molecule has 1 aliphatic rings. The van der Waals surface area contributed by atoms with Gasteiger partial charge in [-0.15, -0.1) is 0 Å². The lowest BCUT2D eigenvalue weighted by Gasteiger charge is -2.25. The molecule has 0 spiro atoms. The molecule has 1 amide bonds. The number of ether oxygens (including phenoxy) is 1. The van der Waals surface area contributed by atoms with E-state index in [0.29, 0.717) is 12.2 Å². The van der Waals surface area contributed by atoms with Crippen LogP contribution >= 0.6 is 0 Å². The van der Waals surface area contributed by atoms with E-state index in [1.54, 1.807) is 12.1 Å². The number of aliphatic hydroxyl groups is 1. The maximum absolute atomic E-state index is 12.9. The first-order valence-electron chi connectivity index (χ1n) is 9.98. The van der Waals surface area contributed by atoms with Crippen LogP contribution in [0.2, 0.25) is 0 Å². The first-order valence-corrected chi connectivity index (χ1v) is 9.98. The van der Waals surface area contributed by atoms with Gasteiger partial charge >= 0.3 is 0 Å². The molecule has 1 fully saturated rings. The summed E-state index contributed by atoms with van der Waals surface area (Å²) in [7, 11) is 0. The molecule has 1 atom stereocenters. The summed E-state index contributed by atoms with van der Waals surface area (Å²) in [5.41, 5.74) is 2.56. The van der Waals surface area contributed by atoms with Crippen LogP contribution in [0.1, 0.15) is 43.5 Å². The standard InChI is InChI=1S/C24H27NO4/c1-4-17-10-12-19(13-11-17)22(26)20-21(18-8-6-5-7-9-18)25(24(28)23(20)27)14-15-29-16(2)3/h5-13,16,21,26H,4,14-15H2,1-3H3/b22-20-. The minimum Gasteiger partial charge on any atom is -0.507 e. The number of ketones is 1. The summed E-state index contributed by atoms with van der Waals surface area (Å²) in [4.78, 5) is 27.2. The molecule has 5 heteroatoms. The van der Waals surface area contributed by atoms with E-state index in [1.807, 2.05) is 56.3 Å². The third-order valence-electron chi connectivity index (χ3n) is 5.07. The number of amides is 1. The molecule has 1 unspecified atom stereocenters. The number of carbonyl (C=O) groups excluding carboxylic acids is 2. The Hall–Kier alpha value is -2.92. The van der Waals surface area contributed by atoms with Crippen molar-refractivity contribution in [1.29, 1.82) is 0 Å². The Labute approximate surface area is 171 Å². The van der Waals surface area contributed by atoms with Gasteiger partial charge in [0, 0.05) is 12.1 Å². The number of Topliss-reactive ketones (excluding diaryl/α,β-unsaturated/α-hetero) is 1. The maximum Gasteiger partial charge on any atom is 0.295 e. The van der Waals surface area contributed by atoms with Crippen LogP contribution in [-0.2, 0) is 20.7 Å². The molecular weight excluding hydrogens is 366 g/mol. The van der Waals surface area contributed by atoms with Gasteiger partial charge in [0.1, 0.15) is 5.76 Å². The van der Waals surface area contributed by atoms with Crippen molar-refractivity contribution in [2.45, 2.75) is 39.3 Å². The molecule has 0 bridgehead atoms.